The van der Waals surface area contributed by atoms with Gasteiger partial charge in [-0.3, -0.25) is 0 Å². The van der Waals surface area contributed by atoms with Crippen molar-refractivity contribution in [1.82, 2.24) is 10.2 Å². The lowest BCUT2D eigenvalue weighted by molar-refractivity contribution is 1.01. The van der Waals surface area contributed by atoms with E-state index in [9.17, 15) is 0 Å². The van der Waals surface area contributed by atoms with E-state index < -0.39 is 0 Å². The second kappa shape index (κ2) is 3.63. The highest BCUT2D eigenvalue weighted by atomic mass is 32.2. The summed E-state index contributed by atoms with van der Waals surface area (Å²) >= 11 is 3.05. The molecule has 0 aromatic carbocycles. The Hall–Kier alpha value is -0.350. The molecule has 0 aliphatic carbocycles. The fraction of sp³-hybridized carbons (Fsp3) is 0. The fourth-order valence-corrected chi connectivity index (χ4v) is 1.42. The molecule has 1 rings (SSSR count). The largest absolute Gasteiger partial charge is 0.174 e. The minimum Gasteiger partial charge on any atom is -0.146 e. The van der Waals surface area contributed by atoms with Crippen molar-refractivity contribution in [2.75, 3.05) is 0 Å². The van der Waals surface area contributed by atoms with Crippen LogP contribution in [0.2, 0.25) is 0 Å². The number of nitrogens with zero attached hydrogens (tertiary/aromatic N) is 2. The van der Waals surface area contributed by atoms with E-state index in [-0.39, 0.29) is 0 Å². The van der Waals surface area contributed by atoms with Gasteiger partial charge in [0.2, 0.25) is 0 Å². The number of thioether (sulfide) groups is 1. The quantitative estimate of drug-likeness (QED) is 0.627. The second-order valence-corrected chi connectivity index (χ2v) is 3.18. The van der Waals surface area contributed by atoms with Crippen molar-refractivity contribution in [1.29, 1.82) is 0 Å². The summed E-state index contributed by atoms with van der Waals surface area (Å²) in [4.78, 5) is 0. The van der Waals surface area contributed by atoms with E-state index >= 15 is 0 Å². The van der Waals surface area contributed by atoms with Crippen LogP contribution in [0, 0.1) is 5.75 Å². The van der Waals surface area contributed by atoms with Gasteiger partial charge in [-0.1, -0.05) is 29.2 Å². The molecule has 9 heavy (non-hydrogen) atoms. The van der Waals surface area contributed by atoms with Crippen LogP contribution in [0.1, 0.15) is 0 Å². The summed E-state index contributed by atoms with van der Waals surface area (Å²) in [5.74, 6) is 1.88. The summed E-state index contributed by atoms with van der Waals surface area (Å²) in [5.41, 5.74) is 1.71. The van der Waals surface area contributed by atoms with Crippen LogP contribution in [0.25, 0.3) is 0 Å². The number of rotatable bonds is 3. The van der Waals surface area contributed by atoms with E-state index in [1.54, 1.807) is 11.6 Å². The van der Waals surface area contributed by atoms with Gasteiger partial charge in [0, 0.05) is 5.75 Å². The predicted molar refractivity (Wildman–Crippen MR) is 40.3 cm³/mol. The predicted octanol–water partition coefficient (Wildman–Crippen LogP) is 1.98. The van der Waals surface area contributed by atoms with Gasteiger partial charge < -0.3 is 0 Å². The molecule has 0 fully saturated rings. The van der Waals surface area contributed by atoms with Gasteiger partial charge in [0.05, 0.1) is 0 Å². The summed E-state index contributed by atoms with van der Waals surface area (Å²) in [6.07, 6.45) is 1.73. The van der Waals surface area contributed by atoms with Crippen molar-refractivity contribution >= 4 is 23.1 Å². The monoisotopic (exact) mass is 157 g/mol. The minimum atomic E-state index is 0.954. The average molecular weight is 157 g/mol. The lowest BCUT2D eigenvalue weighted by Gasteiger charge is -1.83. The molecule has 0 spiro atoms. The Bertz CT molecular complexity index is 171. The summed E-state index contributed by atoms with van der Waals surface area (Å²) in [6, 6.07) is 0. The highest BCUT2D eigenvalue weighted by Gasteiger charge is 1.92. The number of hydrogen-bond acceptors (Lipinski definition) is 4. The summed E-state index contributed by atoms with van der Waals surface area (Å²) < 4.78 is 0.954. The molecule has 0 N–H and O–H groups in total. The van der Waals surface area contributed by atoms with Crippen molar-refractivity contribution in [3.63, 3.8) is 0 Å². The van der Waals surface area contributed by atoms with E-state index in [0.29, 0.717) is 0 Å². The third-order valence-corrected chi connectivity index (χ3v) is 2.28. The standard InChI is InChI=1S/C5H5N2S2/c1-2-3-8-5-7-6-4-9-5/h2-4H,1H2. The van der Waals surface area contributed by atoms with Crippen LogP contribution < -0.4 is 0 Å². The smallest absolute Gasteiger partial charge is 0.146 e. The van der Waals surface area contributed by atoms with Gasteiger partial charge in [-0.2, -0.15) is 0 Å². The van der Waals surface area contributed by atoms with Gasteiger partial charge in [0.25, 0.3) is 0 Å². The van der Waals surface area contributed by atoms with Gasteiger partial charge in [-0.25, -0.2) is 0 Å². The molecule has 0 saturated carbocycles. The van der Waals surface area contributed by atoms with Gasteiger partial charge in [-0.15, -0.1) is 16.8 Å². The molecule has 4 heteroatoms. The van der Waals surface area contributed by atoms with Crippen LogP contribution in [0.15, 0.2) is 22.5 Å². The first-order valence-corrected chi connectivity index (χ1v) is 4.06. The lowest BCUT2D eigenvalue weighted by atomic mass is 10.8. The van der Waals surface area contributed by atoms with E-state index in [4.69, 9.17) is 0 Å². The molecule has 0 amide bonds. The molecule has 0 unspecified atom stereocenters. The minimum absolute atomic E-state index is 0.954. The van der Waals surface area contributed by atoms with Gasteiger partial charge in [0.15, 0.2) is 4.34 Å². The maximum atomic E-state index is 3.81. The van der Waals surface area contributed by atoms with Crippen LogP contribution >= 0.6 is 23.1 Å². The van der Waals surface area contributed by atoms with E-state index in [0.717, 1.165) is 4.34 Å². The Morgan fingerprint density at radius 2 is 2.67 bits per heavy atom. The van der Waals surface area contributed by atoms with Gasteiger partial charge in [-0.05, 0) is 0 Å². The molecule has 1 aromatic heterocycles. The molecule has 2 nitrogen and oxygen atoms in total. The first-order chi connectivity index (χ1) is 4.43. The van der Waals surface area contributed by atoms with Crippen LogP contribution in [-0.2, 0) is 0 Å². The van der Waals surface area contributed by atoms with Gasteiger partial charge >= 0.3 is 0 Å². The molecule has 0 saturated heterocycles. The first kappa shape index (κ1) is 6.77. The van der Waals surface area contributed by atoms with Crippen molar-refractivity contribution in [2.45, 2.75) is 4.34 Å². The van der Waals surface area contributed by atoms with E-state index in [1.165, 1.54) is 23.1 Å². The Balaban J connectivity index is 2.38. The first-order valence-electron chi connectivity index (χ1n) is 2.30. The van der Waals surface area contributed by atoms with Crippen LogP contribution in [0.3, 0.4) is 0 Å². The average Bonchev–Trinajstić information content (AvgIpc) is 2.34. The number of aromatic nitrogens is 2. The molecule has 0 aliphatic rings. The SMILES string of the molecule is C=C[CH]Sc1nncs1. The lowest BCUT2D eigenvalue weighted by Crippen LogP contribution is -1.66. The zero-order chi connectivity index (χ0) is 6.53. The molecule has 1 radical (unpaired) electrons. The third-order valence-electron chi connectivity index (χ3n) is 0.605. The molecule has 0 bridgehead atoms. The molecular weight excluding hydrogens is 152 g/mol. The zero-order valence-corrected chi connectivity index (χ0v) is 6.28. The van der Waals surface area contributed by atoms with Crippen molar-refractivity contribution in [3.05, 3.63) is 23.9 Å². The zero-order valence-electron chi connectivity index (χ0n) is 4.65. The Kier molecular flexibility index (Phi) is 2.73. The summed E-state index contributed by atoms with van der Waals surface area (Å²) in [7, 11) is 0. The highest BCUT2D eigenvalue weighted by molar-refractivity contribution is 8.03. The van der Waals surface area contributed by atoms with Crippen molar-refractivity contribution < 1.29 is 0 Å². The normalized spacial score (nSPS) is 9.33. The van der Waals surface area contributed by atoms with Crippen molar-refractivity contribution in [2.24, 2.45) is 0 Å². The Labute approximate surface area is 62.0 Å². The second-order valence-electron chi connectivity index (χ2n) is 1.19. The molecule has 0 aliphatic heterocycles. The van der Waals surface area contributed by atoms with Crippen LogP contribution in [0.4, 0.5) is 0 Å². The van der Waals surface area contributed by atoms with Crippen LogP contribution in [0.5, 0.6) is 0 Å². The fourth-order valence-electron chi connectivity index (χ4n) is 0.321. The Morgan fingerprint density at radius 3 is 3.22 bits per heavy atom. The topological polar surface area (TPSA) is 25.8 Å². The summed E-state index contributed by atoms with van der Waals surface area (Å²) in [6.45, 7) is 3.54. The third kappa shape index (κ3) is 2.15. The highest BCUT2D eigenvalue weighted by Crippen LogP contribution is 2.21. The number of hydrogen-bond donors (Lipinski definition) is 0. The van der Waals surface area contributed by atoms with Crippen LogP contribution in [-0.4, -0.2) is 10.2 Å². The summed E-state index contributed by atoms with van der Waals surface area (Å²) in [5, 5.41) is 7.47. The molecular formula is C5H5N2S2. The van der Waals surface area contributed by atoms with E-state index in [1.807, 2.05) is 5.75 Å². The van der Waals surface area contributed by atoms with Gasteiger partial charge in [0.1, 0.15) is 5.51 Å². The molecule has 47 valence electrons. The molecule has 0 atom stereocenters. The maximum Gasteiger partial charge on any atom is 0.174 e. The van der Waals surface area contributed by atoms with Crippen molar-refractivity contribution in [3.8, 4) is 0 Å². The molecule has 1 heterocycles. The van der Waals surface area contributed by atoms with E-state index in [2.05, 4.69) is 16.8 Å². The molecule has 1 aromatic rings. The maximum absolute atomic E-state index is 3.81. The Morgan fingerprint density at radius 1 is 1.78 bits per heavy atom.